The molecule has 2 saturated heterocycles. The smallest absolute Gasteiger partial charge is 0.133 e. The fraction of sp³-hybridized carbons (Fsp3) is 1.00. The van der Waals surface area contributed by atoms with Crippen molar-refractivity contribution in [1.29, 1.82) is 0 Å². The minimum absolute atomic E-state index is 0.0640. The molecular formula is C16H30Br2N2O2. The molecule has 22 heavy (non-hydrogen) atoms. The minimum Gasteiger partial charge on any atom is -0.376 e. The number of unbranched alkanes of at least 4 members (excludes halogenated alkanes) is 2. The first-order chi connectivity index (χ1) is 10.5. The molecule has 0 saturated carbocycles. The summed E-state index contributed by atoms with van der Waals surface area (Å²) in [7, 11) is 0. The largest absolute Gasteiger partial charge is 0.376 e. The normalized spacial score (nSPS) is 28.9. The van der Waals surface area contributed by atoms with Crippen LogP contribution in [0, 0.1) is 0 Å². The van der Waals surface area contributed by atoms with Gasteiger partial charge in [-0.15, -0.1) is 0 Å². The van der Waals surface area contributed by atoms with Crippen molar-refractivity contribution in [2.45, 2.75) is 55.1 Å². The van der Waals surface area contributed by atoms with E-state index in [9.17, 15) is 0 Å². The van der Waals surface area contributed by atoms with Crippen molar-refractivity contribution in [2.24, 2.45) is 0 Å². The van der Waals surface area contributed by atoms with Gasteiger partial charge in [-0.1, -0.05) is 38.3 Å². The predicted molar refractivity (Wildman–Crippen MR) is 97.9 cm³/mol. The van der Waals surface area contributed by atoms with Gasteiger partial charge in [0.05, 0.1) is 25.4 Å². The van der Waals surface area contributed by atoms with Gasteiger partial charge in [-0.2, -0.15) is 0 Å². The first-order valence-electron chi connectivity index (χ1n) is 8.56. The summed E-state index contributed by atoms with van der Waals surface area (Å²) >= 11 is 7.74. The molecule has 2 fully saturated rings. The lowest BCUT2D eigenvalue weighted by Crippen LogP contribution is -2.49. The number of nitrogens with zero attached hydrogens (tertiary/aromatic N) is 2. The van der Waals surface area contributed by atoms with Crippen LogP contribution in [-0.2, 0) is 9.47 Å². The second-order valence-electron chi connectivity index (χ2n) is 6.59. The number of morpholine rings is 2. The quantitative estimate of drug-likeness (QED) is 0.343. The Morgan fingerprint density at radius 3 is 2.32 bits per heavy atom. The average Bonchev–Trinajstić information content (AvgIpc) is 2.47. The van der Waals surface area contributed by atoms with E-state index in [2.05, 4.69) is 55.5 Å². The molecule has 0 N–H and O–H groups in total. The Hall–Kier alpha value is 0.800. The van der Waals surface area contributed by atoms with Crippen molar-refractivity contribution in [3.05, 3.63) is 0 Å². The molecule has 4 nitrogen and oxygen atoms in total. The van der Waals surface area contributed by atoms with Crippen molar-refractivity contribution in [1.82, 2.24) is 9.80 Å². The molecule has 2 aliphatic heterocycles. The first-order valence-corrected chi connectivity index (χ1v) is 10.1. The van der Waals surface area contributed by atoms with Gasteiger partial charge in [0.1, 0.15) is 3.36 Å². The highest BCUT2D eigenvalue weighted by Crippen LogP contribution is 2.37. The molecule has 130 valence electrons. The molecule has 2 rings (SSSR count). The predicted octanol–water partition coefficient (Wildman–Crippen LogP) is 3.43. The Bertz CT molecular complexity index is 331. The lowest BCUT2D eigenvalue weighted by Gasteiger charge is -2.40. The van der Waals surface area contributed by atoms with E-state index in [0.717, 1.165) is 45.8 Å². The molecular weight excluding hydrogens is 412 g/mol. The van der Waals surface area contributed by atoms with Crippen LogP contribution >= 0.6 is 31.9 Å². The van der Waals surface area contributed by atoms with Crippen molar-refractivity contribution in [3.8, 4) is 0 Å². The topological polar surface area (TPSA) is 24.9 Å². The van der Waals surface area contributed by atoms with Crippen LogP contribution in [0.15, 0.2) is 0 Å². The van der Waals surface area contributed by atoms with Gasteiger partial charge in [0.15, 0.2) is 0 Å². The van der Waals surface area contributed by atoms with Gasteiger partial charge in [-0.3, -0.25) is 9.80 Å². The molecule has 2 heterocycles. The van der Waals surface area contributed by atoms with Gasteiger partial charge in [0.2, 0.25) is 0 Å². The highest BCUT2D eigenvalue weighted by Gasteiger charge is 2.33. The van der Waals surface area contributed by atoms with Crippen molar-refractivity contribution >= 4 is 31.9 Å². The molecule has 6 heteroatoms. The lowest BCUT2D eigenvalue weighted by molar-refractivity contribution is -0.0262. The lowest BCUT2D eigenvalue weighted by atomic mass is 10.1. The SMILES string of the molecule is CC1CN(CCCCCC(Br)(Br)N2CCOC(C)C2)CCO1. The van der Waals surface area contributed by atoms with Crippen LogP contribution in [0.1, 0.15) is 39.5 Å². The number of rotatable bonds is 7. The summed E-state index contributed by atoms with van der Waals surface area (Å²) in [6, 6.07) is 0. The van der Waals surface area contributed by atoms with Crippen LogP contribution in [0.3, 0.4) is 0 Å². The van der Waals surface area contributed by atoms with Gasteiger partial charge in [-0.05, 0) is 39.7 Å². The molecule has 0 spiro atoms. The summed E-state index contributed by atoms with van der Waals surface area (Å²) < 4.78 is 11.1. The van der Waals surface area contributed by atoms with Crippen molar-refractivity contribution < 1.29 is 9.47 Å². The number of halogens is 2. The van der Waals surface area contributed by atoms with Crippen LogP contribution in [-0.4, -0.2) is 71.3 Å². The summed E-state index contributed by atoms with van der Waals surface area (Å²) in [6.45, 7) is 11.4. The van der Waals surface area contributed by atoms with E-state index in [1.165, 1.54) is 25.8 Å². The Balaban J connectivity index is 1.59. The Morgan fingerprint density at radius 2 is 1.64 bits per heavy atom. The zero-order valence-corrected chi connectivity index (χ0v) is 17.1. The van der Waals surface area contributed by atoms with E-state index in [1.807, 2.05) is 0 Å². The molecule has 2 aliphatic rings. The van der Waals surface area contributed by atoms with E-state index >= 15 is 0 Å². The summed E-state index contributed by atoms with van der Waals surface area (Å²) in [5, 5.41) is 0. The third-order valence-electron chi connectivity index (χ3n) is 4.48. The molecule has 0 aliphatic carbocycles. The maximum atomic E-state index is 5.62. The second kappa shape index (κ2) is 9.33. The maximum Gasteiger partial charge on any atom is 0.133 e. The van der Waals surface area contributed by atoms with Gasteiger partial charge in [0, 0.05) is 26.2 Å². The van der Waals surface area contributed by atoms with Crippen LogP contribution in [0.25, 0.3) is 0 Å². The highest BCUT2D eigenvalue weighted by atomic mass is 79.9. The summed E-state index contributed by atoms with van der Waals surface area (Å²) in [4.78, 5) is 4.98. The number of hydrogen-bond donors (Lipinski definition) is 0. The molecule has 0 aromatic rings. The zero-order chi connectivity index (χ0) is 16.0. The zero-order valence-electron chi connectivity index (χ0n) is 13.9. The monoisotopic (exact) mass is 440 g/mol. The van der Waals surface area contributed by atoms with E-state index in [-0.39, 0.29) is 3.36 Å². The maximum absolute atomic E-state index is 5.62. The van der Waals surface area contributed by atoms with Gasteiger partial charge in [-0.25, -0.2) is 0 Å². The van der Waals surface area contributed by atoms with Crippen LogP contribution < -0.4 is 0 Å². The van der Waals surface area contributed by atoms with Gasteiger partial charge < -0.3 is 9.47 Å². The molecule has 0 aromatic heterocycles. The Morgan fingerprint density at radius 1 is 0.955 bits per heavy atom. The van der Waals surface area contributed by atoms with Crippen LogP contribution in [0.2, 0.25) is 0 Å². The molecule has 0 bridgehead atoms. The molecule has 2 unspecified atom stereocenters. The van der Waals surface area contributed by atoms with Crippen molar-refractivity contribution in [3.63, 3.8) is 0 Å². The van der Waals surface area contributed by atoms with Gasteiger partial charge >= 0.3 is 0 Å². The molecule has 2 atom stereocenters. The standard InChI is InChI=1S/C16H30Br2N2O2/c1-14-12-19(8-10-21-14)7-5-3-4-6-16(17,18)20-9-11-22-15(2)13-20/h14-15H,3-13H2,1-2H3. The molecule has 0 amide bonds. The Kier molecular flexibility index (Phi) is 8.11. The van der Waals surface area contributed by atoms with E-state index in [4.69, 9.17) is 9.47 Å². The first kappa shape index (κ1) is 19.1. The average molecular weight is 442 g/mol. The third kappa shape index (κ3) is 6.36. The summed E-state index contributed by atoms with van der Waals surface area (Å²) in [6.07, 6.45) is 5.65. The molecule has 0 radical (unpaired) electrons. The van der Waals surface area contributed by atoms with Crippen LogP contribution in [0.5, 0.6) is 0 Å². The number of hydrogen-bond acceptors (Lipinski definition) is 4. The fourth-order valence-corrected chi connectivity index (χ4v) is 4.42. The highest BCUT2D eigenvalue weighted by molar-refractivity contribution is 9.25. The van der Waals surface area contributed by atoms with E-state index < -0.39 is 0 Å². The van der Waals surface area contributed by atoms with Gasteiger partial charge in [0.25, 0.3) is 0 Å². The van der Waals surface area contributed by atoms with E-state index in [0.29, 0.717) is 12.2 Å². The van der Waals surface area contributed by atoms with Crippen LogP contribution in [0.4, 0.5) is 0 Å². The second-order valence-corrected chi connectivity index (χ2v) is 10.3. The summed E-state index contributed by atoms with van der Waals surface area (Å²) in [5.41, 5.74) is 0. The summed E-state index contributed by atoms with van der Waals surface area (Å²) in [5.74, 6) is 0. The van der Waals surface area contributed by atoms with E-state index in [1.54, 1.807) is 0 Å². The number of ether oxygens (including phenoxy) is 2. The van der Waals surface area contributed by atoms with Crippen molar-refractivity contribution in [2.75, 3.05) is 45.9 Å². The fourth-order valence-electron chi connectivity index (χ4n) is 3.22. The third-order valence-corrected chi connectivity index (χ3v) is 6.28. The number of alkyl halides is 2. The Labute approximate surface area is 152 Å². The minimum atomic E-state index is -0.0640. The molecule has 0 aromatic carbocycles.